The molecule has 0 radical (unpaired) electrons. The lowest BCUT2D eigenvalue weighted by molar-refractivity contribution is 0.0944. The summed E-state index contributed by atoms with van der Waals surface area (Å²) in [6, 6.07) is 19.0. The van der Waals surface area contributed by atoms with E-state index < -0.39 is 5.91 Å². The maximum absolute atomic E-state index is 11.9. The molecule has 0 spiro atoms. The minimum Gasteiger partial charge on any atom is -0.429 e. The van der Waals surface area contributed by atoms with Crippen LogP contribution < -0.4 is 11.3 Å². The van der Waals surface area contributed by atoms with Gasteiger partial charge in [-0.1, -0.05) is 36.4 Å². The Bertz CT molecular complexity index is 773. The van der Waals surface area contributed by atoms with E-state index >= 15 is 0 Å². The summed E-state index contributed by atoms with van der Waals surface area (Å²) in [5.41, 5.74) is 3.07. The van der Waals surface area contributed by atoms with Crippen molar-refractivity contribution in [3.8, 4) is 11.5 Å². The van der Waals surface area contributed by atoms with Gasteiger partial charge in [0.1, 0.15) is 0 Å². The van der Waals surface area contributed by atoms with Crippen LogP contribution in [0.1, 0.15) is 10.5 Å². The number of carbonyl (C=O) groups excluding carboxylic acids is 1. The maximum atomic E-state index is 11.9. The van der Waals surface area contributed by atoms with Gasteiger partial charge in [0.2, 0.25) is 5.89 Å². The first-order valence-corrected chi connectivity index (χ1v) is 7.39. The number of nitrogens with one attached hydrogen (secondary N) is 1. The van der Waals surface area contributed by atoms with Crippen LogP contribution in [0.25, 0.3) is 11.5 Å². The average Bonchev–Trinajstić information content (AvgIpc) is 3.00. The molecular formula is C16H13N3O2S. The van der Waals surface area contributed by atoms with Gasteiger partial charge in [0.05, 0.1) is 0 Å². The lowest BCUT2D eigenvalue weighted by Crippen LogP contribution is -2.30. The highest BCUT2D eigenvalue weighted by Gasteiger charge is 2.21. The molecule has 0 fully saturated rings. The number of hydrogen-bond donors (Lipinski definition) is 2. The van der Waals surface area contributed by atoms with Crippen molar-refractivity contribution in [3.05, 3.63) is 66.4 Å². The average molecular weight is 311 g/mol. The van der Waals surface area contributed by atoms with Crippen molar-refractivity contribution in [2.75, 3.05) is 0 Å². The van der Waals surface area contributed by atoms with E-state index in [0.29, 0.717) is 11.0 Å². The summed E-state index contributed by atoms with van der Waals surface area (Å²) in [6.45, 7) is 0. The molecule has 110 valence electrons. The SMILES string of the molecule is NNC(=O)c1nc(-c2ccccc2)oc1Sc1ccccc1. The van der Waals surface area contributed by atoms with Gasteiger partial charge >= 0.3 is 0 Å². The summed E-state index contributed by atoms with van der Waals surface area (Å²) in [5.74, 6) is 5.13. The van der Waals surface area contributed by atoms with Crippen LogP contribution >= 0.6 is 11.8 Å². The number of carbonyl (C=O) groups is 1. The van der Waals surface area contributed by atoms with Crippen molar-refractivity contribution in [1.29, 1.82) is 0 Å². The second-order valence-corrected chi connectivity index (χ2v) is 5.46. The Morgan fingerprint density at radius 3 is 2.32 bits per heavy atom. The fraction of sp³-hybridized carbons (Fsp3) is 0. The van der Waals surface area contributed by atoms with Crippen LogP contribution in [0.3, 0.4) is 0 Å². The molecule has 1 aromatic heterocycles. The van der Waals surface area contributed by atoms with Crippen LogP contribution in [0.5, 0.6) is 0 Å². The molecule has 0 saturated carbocycles. The van der Waals surface area contributed by atoms with Crippen LogP contribution in [-0.4, -0.2) is 10.9 Å². The summed E-state index contributed by atoms with van der Waals surface area (Å²) in [7, 11) is 0. The summed E-state index contributed by atoms with van der Waals surface area (Å²) in [6.07, 6.45) is 0. The Balaban J connectivity index is 2.00. The highest BCUT2D eigenvalue weighted by atomic mass is 32.2. The summed E-state index contributed by atoms with van der Waals surface area (Å²) in [4.78, 5) is 17.1. The van der Waals surface area contributed by atoms with Crippen LogP contribution in [0, 0.1) is 0 Å². The molecule has 1 heterocycles. The normalized spacial score (nSPS) is 10.4. The highest BCUT2D eigenvalue weighted by molar-refractivity contribution is 7.99. The van der Waals surface area contributed by atoms with Crippen LogP contribution in [0.15, 0.2) is 75.1 Å². The first-order valence-electron chi connectivity index (χ1n) is 6.58. The van der Waals surface area contributed by atoms with Gasteiger partial charge in [-0.2, -0.15) is 0 Å². The fourth-order valence-corrected chi connectivity index (χ4v) is 2.75. The number of nitrogens with zero attached hydrogens (tertiary/aromatic N) is 1. The first-order chi connectivity index (χ1) is 10.8. The van der Waals surface area contributed by atoms with Crippen molar-refractivity contribution in [1.82, 2.24) is 10.4 Å². The molecule has 0 aliphatic heterocycles. The fourth-order valence-electron chi connectivity index (χ4n) is 1.89. The van der Waals surface area contributed by atoms with Gasteiger partial charge in [0.25, 0.3) is 5.91 Å². The Kier molecular flexibility index (Phi) is 4.22. The van der Waals surface area contributed by atoms with E-state index in [1.165, 1.54) is 11.8 Å². The predicted octanol–water partition coefficient (Wildman–Crippen LogP) is 3.10. The third-order valence-corrected chi connectivity index (χ3v) is 3.89. The number of hydrazine groups is 1. The summed E-state index contributed by atoms with van der Waals surface area (Å²) < 4.78 is 5.76. The van der Waals surface area contributed by atoms with Crippen LogP contribution in [0.4, 0.5) is 0 Å². The number of benzene rings is 2. The van der Waals surface area contributed by atoms with Crippen LogP contribution in [-0.2, 0) is 0 Å². The number of amides is 1. The van der Waals surface area contributed by atoms with E-state index in [9.17, 15) is 4.79 Å². The lowest BCUT2D eigenvalue weighted by Gasteiger charge is -1.99. The number of rotatable bonds is 4. The molecule has 0 bridgehead atoms. The van der Waals surface area contributed by atoms with Gasteiger partial charge in [-0.05, 0) is 36.0 Å². The van der Waals surface area contributed by atoms with Gasteiger partial charge in [-0.3, -0.25) is 10.2 Å². The quantitative estimate of drug-likeness (QED) is 0.439. The third kappa shape index (κ3) is 3.03. The van der Waals surface area contributed by atoms with E-state index in [2.05, 4.69) is 10.4 Å². The van der Waals surface area contributed by atoms with Gasteiger partial charge in [0, 0.05) is 10.5 Å². The van der Waals surface area contributed by atoms with Crippen LogP contribution in [0.2, 0.25) is 0 Å². The van der Waals surface area contributed by atoms with Crippen molar-refractivity contribution in [2.45, 2.75) is 9.99 Å². The van der Waals surface area contributed by atoms with Crippen molar-refractivity contribution in [2.24, 2.45) is 5.84 Å². The molecule has 5 nitrogen and oxygen atoms in total. The zero-order valence-electron chi connectivity index (χ0n) is 11.5. The number of oxazole rings is 1. The number of hydrogen-bond acceptors (Lipinski definition) is 5. The Hall–Kier alpha value is -2.57. The summed E-state index contributed by atoms with van der Waals surface area (Å²) >= 11 is 1.33. The van der Waals surface area contributed by atoms with Gasteiger partial charge in [-0.25, -0.2) is 10.8 Å². The second kappa shape index (κ2) is 6.46. The largest absolute Gasteiger partial charge is 0.429 e. The molecule has 22 heavy (non-hydrogen) atoms. The Morgan fingerprint density at radius 2 is 1.68 bits per heavy atom. The van der Waals surface area contributed by atoms with E-state index in [0.717, 1.165) is 10.5 Å². The third-order valence-electron chi connectivity index (χ3n) is 2.92. The zero-order valence-corrected chi connectivity index (χ0v) is 12.3. The Morgan fingerprint density at radius 1 is 1.05 bits per heavy atom. The molecule has 0 atom stereocenters. The molecule has 3 aromatic rings. The van der Waals surface area contributed by atoms with E-state index in [1.54, 1.807) is 0 Å². The highest BCUT2D eigenvalue weighted by Crippen LogP contribution is 2.33. The smallest absolute Gasteiger partial charge is 0.288 e. The summed E-state index contributed by atoms with van der Waals surface area (Å²) in [5, 5.41) is 0.410. The van der Waals surface area contributed by atoms with Gasteiger partial charge in [0.15, 0.2) is 10.8 Å². The molecule has 3 rings (SSSR count). The predicted molar refractivity (Wildman–Crippen MR) is 84.2 cm³/mol. The minimum atomic E-state index is -0.482. The monoisotopic (exact) mass is 311 g/mol. The molecule has 0 aliphatic rings. The van der Waals surface area contributed by atoms with E-state index in [1.807, 2.05) is 60.7 Å². The first kappa shape index (κ1) is 14.4. The molecule has 0 saturated heterocycles. The van der Waals surface area contributed by atoms with E-state index in [-0.39, 0.29) is 5.69 Å². The zero-order chi connectivity index (χ0) is 15.4. The minimum absolute atomic E-state index is 0.176. The van der Waals surface area contributed by atoms with Gasteiger partial charge in [-0.15, -0.1) is 0 Å². The molecule has 2 aromatic carbocycles. The van der Waals surface area contributed by atoms with Crippen molar-refractivity contribution < 1.29 is 9.21 Å². The van der Waals surface area contributed by atoms with Crippen molar-refractivity contribution in [3.63, 3.8) is 0 Å². The van der Waals surface area contributed by atoms with Crippen molar-refractivity contribution >= 4 is 17.7 Å². The topological polar surface area (TPSA) is 81.1 Å². The number of aromatic nitrogens is 1. The number of nitrogen functional groups attached to an aromatic ring is 1. The molecule has 3 N–H and O–H groups in total. The molecule has 6 heteroatoms. The molecular weight excluding hydrogens is 298 g/mol. The standard InChI is InChI=1S/C16H13N3O2S/c17-19-14(20)13-16(22-12-9-5-2-6-10-12)21-15(18-13)11-7-3-1-4-8-11/h1-10H,17H2,(H,19,20). The lowest BCUT2D eigenvalue weighted by atomic mass is 10.2. The second-order valence-electron chi connectivity index (χ2n) is 4.41. The molecule has 1 amide bonds. The Labute approximate surface area is 131 Å². The number of nitrogens with two attached hydrogens (primary N) is 1. The molecule has 0 unspecified atom stereocenters. The maximum Gasteiger partial charge on any atom is 0.288 e. The van der Waals surface area contributed by atoms with E-state index in [4.69, 9.17) is 10.3 Å². The molecule has 0 aliphatic carbocycles. The van der Waals surface area contributed by atoms with Gasteiger partial charge < -0.3 is 4.42 Å².